The van der Waals surface area contributed by atoms with Gasteiger partial charge >= 0.3 is 15.2 Å². The van der Waals surface area contributed by atoms with Crippen LogP contribution < -0.4 is 5.32 Å². The highest BCUT2D eigenvalue weighted by Gasteiger charge is 2.35. The van der Waals surface area contributed by atoms with E-state index in [1.54, 1.807) is 6.92 Å². The smallest absolute Gasteiger partial charge is 0.340 e. The molecule has 0 fully saturated rings. The van der Waals surface area contributed by atoms with Gasteiger partial charge in [0, 0.05) is 6.04 Å². The predicted octanol–water partition coefficient (Wildman–Crippen LogP) is 2.16. The van der Waals surface area contributed by atoms with Gasteiger partial charge in [-0.15, -0.1) is 0 Å². The lowest BCUT2D eigenvalue weighted by molar-refractivity contribution is -0.0352. The molecule has 0 aromatic carbocycles. The maximum atomic E-state index is 15.2. The zero-order valence-corrected chi connectivity index (χ0v) is 21.0. The number of halogens is 2. The summed E-state index contributed by atoms with van der Waals surface area (Å²) in [6.45, 7) is 4.51. The van der Waals surface area contributed by atoms with Gasteiger partial charge in [-0.2, -0.15) is 9.97 Å². The van der Waals surface area contributed by atoms with Crippen LogP contribution in [0.3, 0.4) is 0 Å². The molecule has 2 aromatic heterocycles. The van der Waals surface area contributed by atoms with Crippen LogP contribution in [0.4, 0.5) is 10.2 Å². The van der Waals surface area contributed by atoms with Gasteiger partial charge in [0.2, 0.25) is 5.28 Å². The quantitative estimate of drug-likeness (QED) is 0.129. The highest BCUT2D eigenvalue weighted by Crippen LogP contribution is 2.55. The lowest BCUT2D eigenvalue weighted by atomic mass is 10.0. The Hall–Kier alpha value is -1.47. The minimum absolute atomic E-state index is 0.00993. The van der Waals surface area contributed by atoms with E-state index in [9.17, 15) is 24.2 Å². The largest absolute Gasteiger partial charge is 0.385 e. The summed E-state index contributed by atoms with van der Waals surface area (Å²) in [4.78, 5) is 39.5. The molecule has 6 N–H and O–H groups in total. The minimum atomic E-state index is -4.87. The monoisotopic (exact) mass is 545 g/mol. The molecule has 0 saturated carbocycles. The summed E-state index contributed by atoms with van der Waals surface area (Å²) in [5.41, 5.74) is -0.0253. The van der Waals surface area contributed by atoms with E-state index in [4.69, 9.17) is 21.4 Å². The number of anilines is 1. The number of imidazole rings is 1. The van der Waals surface area contributed by atoms with Gasteiger partial charge in [0.05, 0.1) is 12.9 Å². The molecule has 0 aliphatic rings. The zero-order valence-electron chi connectivity index (χ0n) is 18.5. The highest BCUT2D eigenvalue weighted by atomic mass is 35.5. The molecule has 2 heterocycles. The third-order valence-electron chi connectivity index (χ3n) is 4.33. The molecule has 1 unspecified atom stereocenters. The number of hydrogen-bond acceptors (Lipinski definition) is 9. The van der Waals surface area contributed by atoms with Crippen molar-refractivity contribution < 1.29 is 42.9 Å². The van der Waals surface area contributed by atoms with Crippen molar-refractivity contribution >= 4 is 43.8 Å². The van der Waals surface area contributed by atoms with E-state index in [1.165, 1.54) is 6.08 Å². The van der Waals surface area contributed by atoms with Crippen LogP contribution >= 0.6 is 26.8 Å². The number of aliphatic hydroxyl groups excluding tert-OH is 2. The fraction of sp³-hybridized carbons (Fsp3) is 0.588. The Morgan fingerprint density at radius 2 is 1.94 bits per heavy atom. The molecule has 0 aliphatic heterocycles. The number of alkyl halides is 1. The fourth-order valence-electron chi connectivity index (χ4n) is 2.95. The number of rotatable bonds is 12. The molecule has 4 atom stereocenters. The molecule has 0 amide bonds. The lowest BCUT2D eigenvalue weighted by Crippen LogP contribution is -2.34. The summed E-state index contributed by atoms with van der Waals surface area (Å²) in [5, 5.41) is 23.9. The molecular weight excluding hydrogens is 519 g/mol. The van der Waals surface area contributed by atoms with Gasteiger partial charge in [0.15, 0.2) is 35.3 Å². The van der Waals surface area contributed by atoms with Gasteiger partial charge in [-0.1, -0.05) is 13.0 Å². The SMILES string of the molecule is CC/C=C(/COP(=O)(O)CP(=O)(O)O)[C@@H](O)[C@H](F)[C@@H](O)n1cnc2c(NC(C)C)nc(Cl)nc21. The molecule has 2 aromatic rings. The van der Waals surface area contributed by atoms with E-state index < -0.39 is 46.2 Å². The summed E-state index contributed by atoms with van der Waals surface area (Å²) >= 11 is 5.94. The van der Waals surface area contributed by atoms with E-state index in [0.717, 1.165) is 10.9 Å². The summed E-state index contributed by atoms with van der Waals surface area (Å²) in [6.07, 6.45) is -3.74. The van der Waals surface area contributed by atoms with Crippen molar-refractivity contribution in [3.05, 3.63) is 23.3 Å². The van der Waals surface area contributed by atoms with Crippen LogP contribution in [0.5, 0.6) is 0 Å². The summed E-state index contributed by atoms with van der Waals surface area (Å²) < 4.78 is 43.7. The molecule has 34 heavy (non-hydrogen) atoms. The molecule has 17 heteroatoms. The molecule has 13 nitrogen and oxygen atoms in total. The lowest BCUT2D eigenvalue weighted by Gasteiger charge is -2.25. The number of fused-ring (bicyclic) bond motifs is 1. The maximum Gasteiger partial charge on any atom is 0.340 e. The third-order valence-corrected chi connectivity index (χ3v) is 7.94. The number of allylic oxidation sites excluding steroid dienone is 1. The van der Waals surface area contributed by atoms with Crippen LogP contribution in [0.1, 0.15) is 33.4 Å². The Morgan fingerprint density at radius 1 is 1.29 bits per heavy atom. The Balaban J connectivity index is 2.27. The number of nitrogens with one attached hydrogen (secondary N) is 1. The highest BCUT2D eigenvalue weighted by molar-refractivity contribution is 7.70. The van der Waals surface area contributed by atoms with Crippen molar-refractivity contribution in [2.24, 2.45) is 0 Å². The molecule has 192 valence electrons. The van der Waals surface area contributed by atoms with E-state index in [1.807, 2.05) is 13.8 Å². The van der Waals surface area contributed by atoms with E-state index in [-0.39, 0.29) is 40.3 Å². The maximum absolute atomic E-state index is 15.2. The van der Waals surface area contributed by atoms with Crippen LogP contribution in [-0.2, 0) is 13.7 Å². The van der Waals surface area contributed by atoms with Crippen LogP contribution in [-0.4, -0.2) is 75.2 Å². The first kappa shape index (κ1) is 28.8. The van der Waals surface area contributed by atoms with Crippen molar-refractivity contribution in [3.8, 4) is 0 Å². The molecule has 0 saturated heterocycles. The molecule has 0 radical (unpaired) electrons. The van der Waals surface area contributed by atoms with Crippen molar-refractivity contribution in [1.29, 1.82) is 0 Å². The van der Waals surface area contributed by atoms with Gasteiger partial charge in [0.25, 0.3) is 0 Å². The topological polar surface area (TPSA) is 200 Å². The first-order chi connectivity index (χ1) is 15.6. The van der Waals surface area contributed by atoms with Crippen molar-refractivity contribution in [2.45, 2.75) is 51.7 Å². The summed E-state index contributed by atoms with van der Waals surface area (Å²) in [5.74, 6) is -1.18. The van der Waals surface area contributed by atoms with E-state index >= 15 is 4.39 Å². The van der Waals surface area contributed by atoms with Gasteiger partial charge in [0.1, 0.15) is 6.10 Å². The van der Waals surface area contributed by atoms with Crippen LogP contribution in [0.15, 0.2) is 18.0 Å². The minimum Gasteiger partial charge on any atom is -0.385 e. The van der Waals surface area contributed by atoms with Gasteiger partial charge in [-0.05, 0) is 37.4 Å². The van der Waals surface area contributed by atoms with Crippen molar-refractivity contribution in [3.63, 3.8) is 0 Å². The van der Waals surface area contributed by atoms with Gasteiger partial charge < -0.3 is 34.7 Å². The number of hydrogen-bond donors (Lipinski definition) is 6. The first-order valence-corrected chi connectivity index (χ1v) is 14.0. The fourth-order valence-corrected chi connectivity index (χ4v) is 5.66. The van der Waals surface area contributed by atoms with Gasteiger partial charge in [-0.25, -0.2) is 9.37 Å². The predicted molar refractivity (Wildman–Crippen MR) is 122 cm³/mol. The molecule has 2 rings (SSSR count). The second kappa shape index (κ2) is 11.5. The average molecular weight is 546 g/mol. The van der Waals surface area contributed by atoms with Crippen molar-refractivity contribution in [2.75, 3.05) is 17.8 Å². The molecular formula is C17H27ClFN5O8P2. The van der Waals surface area contributed by atoms with E-state index in [0.29, 0.717) is 0 Å². The van der Waals surface area contributed by atoms with Gasteiger partial charge in [-0.3, -0.25) is 13.7 Å². The standard InChI is InChI=1S/C17H27ClFN5O8P2/c1-4-5-10(6-32-34(30,31)8-33(27,28)29)13(25)11(19)16(26)24-7-20-12-14(21-9(2)3)22-17(18)23-15(12)24/h5,7,9,11,13,16,25-26H,4,6,8H2,1-3H3,(H,30,31)(H,21,22,23)(H2,27,28,29)/b10-5-/t11-,13+,16+/m0/s1. The average Bonchev–Trinajstić information content (AvgIpc) is 3.11. The third kappa shape index (κ3) is 7.77. The number of nitrogens with zero attached hydrogens (tertiary/aromatic N) is 4. The Bertz CT molecular complexity index is 1130. The molecule has 0 spiro atoms. The van der Waals surface area contributed by atoms with Crippen LogP contribution in [0.25, 0.3) is 11.2 Å². The van der Waals surface area contributed by atoms with E-state index in [2.05, 4.69) is 24.8 Å². The number of aromatic nitrogens is 4. The molecule has 0 aliphatic carbocycles. The second-order valence-electron chi connectivity index (χ2n) is 7.67. The Labute approximate surface area is 199 Å². The van der Waals surface area contributed by atoms with Crippen LogP contribution in [0.2, 0.25) is 5.28 Å². The zero-order chi connectivity index (χ0) is 25.8. The molecule has 0 bridgehead atoms. The Kier molecular flexibility index (Phi) is 9.74. The normalized spacial score (nSPS) is 17.6. The van der Waals surface area contributed by atoms with Crippen molar-refractivity contribution in [1.82, 2.24) is 19.5 Å². The Morgan fingerprint density at radius 3 is 2.50 bits per heavy atom. The first-order valence-electron chi connectivity index (χ1n) is 10.0. The second-order valence-corrected chi connectivity index (χ2v) is 12.0. The summed E-state index contributed by atoms with van der Waals surface area (Å²) in [7, 11) is -9.61. The number of aliphatic hydroxyl groups is 2. The van der Waals surface area contributed by atoms with Crippen LogP contribution in [0, 0.1) is 0 Å². The summed E-state index contributed by atoms with van der Waals surface area (Å²) in [6, 6.07) is -0.0465.